The molecule has 0 aromatic heterocycles. The van der Waals surface area contributed by atoms with Gasteiger partial charge in [-0.05, 0) is 31.2 Å². The van der Waals surface area contributed by atoms with Crippen LogP contribution < -0.4 is 9.47 Å². The van der Waals surface area contributed by atoms with Crippen molar-refractivity contribution in [2.24, 2.45) is 11.8 Å². The van der Waals surface area contributed by atoms with E-state index in [4.69, 9.17) is 14.7 Å². The molecule has 2 atom stereocenters. The van der Waals surface area contributed by atoms with Gasteiger partial charge in [-0.25, -0.2) is 0 Å². The van der Waals surface area contributed by atoms with Crippen molar-refractivity contribution < 1.29 is 19.1 Å². The SMILES string of the molecule is CSc1cccc2c1OC(C(=O)C(C#N)C(=O)C1CC1)O2. The van der Waals surface area contributed by atoms with Gasteiger partial charge in [0.15, 0.2) is 23.2 Å². The molecule has 3 rings (SSSR count). The first-order valence-electron chi connectivity index (χ1n) is 6.63. The molecule has 2 unspecified atom stereocenters. The Bertz CT molecular complexity index is 648. The van der Waals surface area contributed by atoms with E-state index in [0.29, 0.717) is 11.5 Å². The molecule has 5 nitrogen and oxygen atoms in total. The maximum atomic E-state index is 12.3. The first-order chi connectivity index (χ1) is 10.2. The molecule has 0 spiro atoms. The van der Waals surface area contributed by atoms with E-state index < -0.39 is 18.0 Å². The highest BCUT2D eigenvalue weighted by atomic mass is 32.2. The Balaban J connectivity index is 1.78. The minimum absolute atomic E-state index is 0.149. The van der Waals surface area contributed by atoms with Crippen LogP contribution in [0.3, 0.4) is 0 Å². The van der Waals surface area contributed by atoms with Crippen LogP contribution in [0.25, 0.3) is 0 Å². The second-order valence-corrected chi connectivity index (χ2v) is 5.84. The van der Waals surface area contributed by atoms with Crippen LogP contribution in [-0.2, 0) is 9.59 Å². The summed E-state index contributed by atoms with van der Waals surface area (Å²) in [6, 6.07) is 7.15. The van der Waals surface area contributed by atoms with E-state index in [1.807, 2.05) is 12.3 Å². The standard InChI is InChI=1S/C15H13NO4S/c1-21-11-4-2-3-10-14(11)20-15(19-10)13(18)9(7-16)12(17)8-5-6-8/h2-4,8-9,15H,5-6H2,1H3. The number of nitriles is 1. The molecule has 2 aliphatic rings. The molecule has 0 radical (unpaired) electrons. The van der Waals surface area contributed by atoms with E-state index in [1.165, 1.54) is 11.8 Å². The van der Waals surface area contributed by atoms with Gasteiger partial charge in [-0.15, -0.1) is 11.8 Å². The van der Waals surface area contributed by atoms with E-state index in [1.54, 1.807) is 18.2 Å². The molecule has 1 saturated carbocycles. The summed E-state index contributed by atoms with van der Waals surface area (Å²) in [5.74, 6) is -1.40. The van der Waals surface area contributed by atoms with E-state index >= 15 is 0 Å². The number of rotatable bonds is 5. The van der Waals surface area contributed by atoms with E-state index in [0.717, 1.165) is 17.7 Å². The van der Waals surface area contributed by atoms with Gasteiger partial charge in [0.05, 0.1) is 11.0 Å². The van der Waals surface area contributed by atoms with Crippen molar-refractivity contribution in [1.29, 1.82) is 5.26 Å². The number of nitrogens with zero attached hydrogens (tertiary/aromatic N) is 1. The first-order valence-corrected chi connectivity index (χ1v) is 7.85. The zero-order chi connectivity index (χ0) is 15.0. The summed E-state index contributed by atoms with van der Waals surface area (Å²) < 4.78 is 11.0. The summed E-state index contributed by atoms with van der Waals surface area (Å²) in [6.07, 6.45) is 2.20. The summed E-state index contributed by atoms with van der Waals surface area (Å²) in [7, 11) is 0. The van der Waals surface area contributed by atoms with Crippen molar-refractivity contribution in [3.63, 3.8) is 0 Å². The van der Waals surface area contributed by atoms with Crippen LogP contribution in [0, 0.1) is 23.2 Å². The Labute approximate surface area is 126 Å². The van der Waals surface area contributed by atoms with E-state index in [9.17, 15) is 9.59 Å². The van der Waals surface area contributed by atoms with Crippen LogP contribution in [0.5, 0.6) is 11.5 Å². The van der Waals surface area contributed by atoms with Gasteiger partial charge in [0.25, 0.3) is 0 Å². The van der Waals surface area contributed by atoms with E-state index in [-0.39, 0.29) is 11.7 Å². The summed E-state index contributed by atoms with van der Waals surface area (Å²) >= 11 is 1.48. The number of Topliss-reactive ketones (excluding diaryl/α,β-unsaturated/α-hetero) is 2. The maximum Gasteiger partial charge on any atom is 0.302 e. The number of hydrogen-bond donors (Lipinski definition) is 0. The molecule has 108 valence electrons. The highest BCUT2D eigenvalue weighted by Crippen LogP contribution is 2.42. The molecule has 1 fully saturated rings. The molecule has 0 bridgehead atoms. The summed E-state index contributed by atoms with van der Waals surface area (Å²) in [4.78, 5) is 25.1. The van der Waals surface area contributed by atoms with Crippen LogP contribution in [0.15, 0.2) is 23.1 Å². The molecule has 21 heavy (non-hydrogen) atoms. The van der Waals surface area contributed by atoms with Crippen LogP contribution in [0.2, 0.25) is 0 Å². The topological polar surface area (TPSA) is 76.4 Å². The number of para-hydroxylation sites is 1. The van der Waals surface area contributed by atoms with Gasteiger partial charge in [-0.2, -0.15) is 5.26 Å². The number of ether oxygens (including phenoxy) is 2. The third-order valence-corrected chi connectivity index (χ3v) is 4.29. The Kier molecular flexibility index (Phi) is 3.60. The average Bonchev–Trinajstić information content (AvgIpc) is 3.25. The fourth-order valence-corrected chi connectivity index (χ4v) is 2.78. The normalized spacial score (nSPS) is 20.7. The number of ketones is 2. The van der Waals surface area contributed by atoms with Crippen LogP contribution >= 0.6 is 11.8 Å². The van der Waals surface area contributed by atoms with Gasteiger partial charge in [0, 0.05) is 5.92 Å². The fourth-order valence-electron chi connectivity index (χ4n) is 2.24. The van der Waals surface area contributed by atoms with Crippen LogP contribution in [0.1, 0.15) is 12.8 Å². The molecule has 1 aliphatic carbocycles. The largest absolute Gasteiger partial charge is 0.444 e. The molecular weight excluding hydrogens is 290 g/mol. The third-order valence-electron chi connectivity index (χ3n) is 3.53. The molecule has 0 amide bonds. The Hall–Kier alpha value is -2.00. The van der Waals surface area contributed by atoms with Crippen molar-refractivity contribution >= 4 is 23.3 Å². The molecular formula is C15H13NO4S. The lowest BCUT2D eigenvalue weighted by Crippen LogP contribution is -2.38. The molecule has 0 saturated heterocycles. The molecule has 1 heterocycles. The smallest absolute Gasteiger partial charge is 0.302 e. The van der Waals surface area contributed by atoms with Gasteiger partial charge >= 0.3 is 6.29 Å². The zero-order valence-electron chi connectivity index (χ0n) is 11.4. The number of carbonyl (C=O) groups is 2. The fraction of sp³-hybridized carbons (Fsp3) is 0.400. The molecule has 1 aromatic carbocycles. The predicted molar refractivity (Wildman–Crippen MR) is 75.1 cm³/mol. The lowest BCUT2D eigenvalue weighted by atomic mass is 9.97. The first kappa shape index (κ1) is 14.0. The van der Waals surface area contributed by atoms with Crippen molar-refractivity contribution in [3.05, 3.63) is 18.2 Å². The second-order valence-electron chi connectivity index (χ2n) is 5.00. The quantitative estimate of drug-likeness (QED) is 0.613. The number of thioether (sulfide) groups is 1. The van der Waals surface area contributed by atoms with E-state index in [2.05, 4.69) is 0 Å². The van der Waals surface area contributed by atoms with Gasteiger partial charge in [-0.1, -0.05) is 6.07 Å². The van der Waals surface area contributed by atoms with Gasteiger partial charge in [0.1, 0.15) is 0 Å². The minimum atomic E-state index is -1.30. The average molecular weight is 303 g/mol. The number of hydrogen-bond acceptors (Lipinski definition) is 6. The number of fused-ring (bicyclic) bond motifs is 1. The van der Waals surface area contributed by atoms with Crippen LogP contribution in [-0.4, -0.2) is 24.1 Å². The molecule has 0 N–H and O–H groups in total. The van der Waals surface area contributed by atoms with Crippen molar-refractivity contribution in [3.8, 4) is 17.6 Å². The molecule has 1 aromatic rings. The highest BCUT2D eigenvalue weighted by molar-refractivity contribution is 7.98. The predicted octanol–water partition coefficient (Wildman–Crippen LogP) is 2.19. The summed E-state index contributed by atoms with van der Waals surface area (Å²) in [5.41, 5.74) is 0. The summed E-state index contributed by atoms with van der Waals surface area (Å²) in [5, 5.41) is 9.11. The lowest BCUT2D eigenvalue weighted by molar-refractivity contribution is -0.142. The number of carbonyl (C=O) groups excluding carboxylic acids is 2. The van der Waals surface area contributed by atoms with Crippen molar-refractivity contribution in [2.75, 3.05) is 6.26 Å². The molecule has 1 aliphatic heterocycles. The maximum absolute atomic E-state index is 12.3. The molecule has 6 heteroatoms. The second kappa shape index (κ2) is 5.41. The van der Waals surface area contributed by atoms with Crippen molar-refractivity contribution in [1.82, 2.24) is 0 Å². The Morgan fingerprint density at radius 1 is 1.33 bits per heavy atom. The monoisotopic (exact) mass is 303 g/mol. The van der Waals surface area contributed by atoms with Gasteiger partial charge in [-0.3, -0.25) is 9.59 Å². The minimum Gasteiger partial charge on any atom is -0.444 e. The van der Waals surface area contributed by atoms with Crippen LogP contribution in [0.4, 0.5) is 0 Å². The van der Waals surface area contributed by atoms with Gasteiger partial charge < -0.3 is 9.47 Å². The zero-order valence-corrected chi connectivity index (χ0v) is 12.2. The van der Waals surface area contributed by atoms with Gasteiger partial charge in [0.2, 0.25) is 5.78 Å². The van der Waals surface area contributed by atoms with Crippen molar-refractivity contribution in [2.45, 2.75) is 24.0 Å². The summed E-state index contributed by atoms with van der Waals surface area (Å²) in [6.45, 7) is 0. The third kappa shape index (κ3) is 2.49. The lowest BCUT2D eigenvalue weighted by Gasteiger charge is -2.12. The Morgan fingerprint density at radius 3 is 2.71 bits per heavy atom. The Morgan fingerprint density at radius 2 is 2.10 bits per heavy atom. The number of benzene rings is 1. The highest BCUT2D eigenvalue weighted by Gasteiger charge is 2.44.